The van der Waals surface area contributed by atoms with Crippen LogP contribution in [0.3, 0.4) is 0 Å². The molecule has 0 spiro atoms. The average molecular weight is 277 g/mol. The highest BCUT2D eigenvalue weighted by Crippen LogP contribution is 2.32. The summed E-state index contributed by atoms with van der Waals surface area (Å²) in [5, 5.41) is 3.64. The number of anilines is 1. The highest BCUT2D eigenvalue weighted by atomic mass is 15.2. The smallest absolute Gasteiger partial charge is 0.203 e. The Morgan fingerprint density at radius 3 is 2.75 bits per heavy atom. The first-order valence-corrected chi connectivity index (χ1v) is 8.52. The molecule has 0 amide bonds. The summed E-state index contributed by atoms with van der Waals surface area (Å²) in [7, 11) is 0. The predicted molar refractivity (Wildman–Crippen MR) is 86.3 cm³/mol. The summed E-state index contributed by atoms with van der Waals surface area (Å²) in [4.78, 5) is 4.69. The van der Waals surface area contributed by atoms with E-state index in [0.717, 1.165) is 11.6 Å². The molecular formula is C17H31N3. The monoisotopic (exact) mass is 277 g/mol. The first-order valence-electron chi connectivity index (χ1n) is 8.52. The van der Waals surface area contributed by atoms with Crippen molar-refractivity contribution in [1.82, 2.24) is 9.55 Å². The van der Waals surface area contributed by atoms with Crippen molar-refractivity contribution in [3.8, 4) is 0 Å². The highest BCUT2D eigenvalue weighted by Gasteiger charge is 2.20. The first kappa shape index (κ1) is 15.4. The van der Waals surface area contributed by atoms with Crippen molar-refractivity contribution in [1.29, 1.82) is 0 Å². The maximum atomic E-state index is 4.69. The van der Waals surface area contributed by atoms with E-state index in [1.54, 1.807) is 0 Å². The van der Waals surface area contributed by atoms with E-state index in [0.29, 0.717) is 12.1 Å². The SMILES string of the molecule is CCCCCCC(C)Nc1nc(C)cn1C1CCCC1. The summed E-state index contributed by atoms with van der Waals surface area (Å²) < 4.78 is 2.39. The maximum Gasteiger partial charge on any atom is 0.203 e. The van der Waals surface area contributed by atoms with Gasteiger partial charge < -0.3 is 9.88 Å². The molecular weight excluding hydrogens is 246 g/mol. The molecule has 0 aliphatic heterocycles. The first-order chi connectivity index (χ1) is 9.70. The van der Waals surface area contributed by atoms with Gasteiger partial charge in [0, 0.05) is 18.3 Å². The van der Waals surface area contributed by atoms with E-state index in [4.69, 9.17) is 4.98 Å². The van der Waals surface area contributed by atoms with Crippen LogP contribution in [0.15, 0.2) is 6.20 Å². The zero-order valence-corrected chi connectivity index (χ0v) is 13.5. The lowest BCUT2D eigenvalue weighted by molar-refractivity contribution is 0.516. The van der Waals surface area contributed by atoms with Gasteiger partial charge in [0.05, 0.1) is 5.69 Å². The molecule has 2 rings (SSSR count). The lowest BCUT2D eigenvalue weighted by Crippen LogP contribution is -2.19. The summed E-state index contributed by atoms with van der Waals surface area (Å²) in [6.07, 6.45) is 14.2. The molecule has 1 saturated carbocycles. The normalized spacial score (nSPS) is 17.6. The molecule has 0 aromatic carbocycles. The van der Waals surface area contributed by atoms with Gasteiger partial charge in [0.1, 0.15) is 0 Å². The fourth-order valence-corrected chi connectivity index (χ4v) is 3.25. The molecule has 1 N–H and O–H groups in total. The van der Waals surface area contributed by atoms with Crippen molar-refractivity contribution < 1.29 is 0 Å². The van der Waals surface area contributed by atoms with Crippen LogP contribution in [0.1, 0.15) is 83.4 Å². The number of hydrogen-bond acceptors (Lipinski definition) is 2. The molecule has 0 radical (unpaired) electrons. The number of unbranched alkanes of at least 4 members (excludes halogenated alkanes) is 3. The van der Waals surface area contributed by atoms with Crippen LogP contribution in [-0.4, -0.2) is 15.6 Å². The van der Waals surface area contributed by atoms with Crippen LogP contribution in [0.2, 0.25) is 0 Å². The van der Waals surface area contributed by atoms with Crippen LogP contribution in [-0.2, 0) is 0 Å². The summed E-state index contributed by atoms with van der Waals surface area (Å²) in [5.41, 5.74) is 1.14. The van der Waals surface area contributed by atoms with Crippen LogP contribution in [0.4, 0.5) is 5.95 Å². The molecule has 1 fully saturated rings. The Bertz CT molecular complexity index is 391. The van der Waals surface area contributed by atoms with Crippen molar-refractivity contribution in [2.45, 2.75) is 90.6 Å². The zero-order valence-electron chi connectivity index (χ0n) is 13.5. The van der Waals surface area contributed by atoms with E-state index < -0.39 is 0 Å². The molecule has 20 heavy (non-hydrogen) atoms. The van der Waals surface area contributed by atoms with Crippen molar-refractivity contribution in [3.63, 3.8) is 0 Å². The van der Waals surface area contributed by atoms with Gasteiger partial charge in [-0.05, 0) is 33.1 Å². The second kappa shape index (κ2) is 7.70. The number of nitrogens with one attached hydrogen (secondary N) is 1. The van der Waals surface area contributed by atoms with Crippen LogP contribution < -0.4 is 5.32 Å². The molecule has 1 aliphatic carbocycles. The lowest BCUT2D eigenvalue weighted by Gasteiger charge is -2.19. The van der Waals surface area contributed by atoms with Gasteiger partial charge >= 0.3 is 0 Å². The molecule has 1 atom stereocenters. The van der Waals surface area contributed by atoms with E-state index in [9.17, 15) is 0 Å². The molecule has 1 aromatic heterocycles. The van der Waals surface area contributed by atoms with Crippen molar-refractivity contribution >= 4 is 5.95 Å². The van der Waals surface area contributed by atoms with E-state index in [-0.39, 0.29) is 0 Å². The molecule has 0 bridgehead atoms. The minimum atomic E-state index is 0.522. The average Bonchev–Trinajstić information content (AvgIpc) is 3.04. The molecule has 1 aliphatic rings. The van der Waals surface area contributed by atoms with Gasteiger partial charge in [-0.2, -0.15) is 0 Å². The number of aryl methyl sites for hydroxylation is 1. The van der Waals surface area contributed by atoms with E-state index in [1.165, 1.54) is 57.8 Å². The Labute approximate surface area is 124 Å². The maximum absolute atomic E-state index is 4.69. The van der Waals surface area contributed by atoms with E-state index in [2.05, 4.69) is 36.9 Å². The summed E-state index contributed by atoms with van der Waals surface area (Å²) in [6, 6.07) is 1.19. The Morgan fingerprint density at radius 2 is 2.05 bits per heavy atom. The topological polar surface area (TPSA) is 29.9 Å². The third-order valence-electron chi connectivity index (χ3n) is 4.44. The molecule has 3 nitrogen and oxygen atoms in total. The molecule has 1 heterocycles. The van der Waals surface area contributed by atoms with Crippen LogP contribution >= 0.6 is 0 Å². The molecule has 1 unspecified atom stereocenters. The number of aromatic nitrogens is 2. The predicted octanol–water partition coefficient (Wildman–Crippen LogP) is 5.08. The Kier molecular flexibility index (Phi) is 5.93. The van der Waals surface area contributed by atoms with Gasteiger partial charge in [0.2, 0.25) is 5.95 Å². The Balaban J connectivity index is 1.88. The standard InChI is InChI=1S/C17H31N3/c1-4-5-6-7-10-14(2)18-17-19-15(3)13-20(17)16-11-8-9-12-16/h13-14,16H,4-12H2,1-3H3,(H,18,19). The van der Waals surface area contributed by atoms with Gasteiger partial charge in [0.25, 0.3) is 0 Å². The fourth-order valence-electron chi connectivity index (χ4n) is 3.25. The zero-order chi connectivity index (χ0) is 14.4. The Morgan fingerprint density at radius 1 is 1.30 bits per heavy atom. The largest absolute Gasteiger partial charge is 0.353 e. The number of imidazole rings is 1. The summed E-state index contributed by atoms with van der Waals surface area (Å²) in [5.74, 6) is 1.09. The van der Waals surface area contributed by atoms with Gasteiger partial charge in [-0.1, -0.05) is 45.4 Å². The van der Waals surface area contributed by atoms with Gasteiger partial charge in [-0.3, -0.25) is 0 Å². The summed E-state index contributed by atoms with van der Waals surface area (Å²) >= 11 is 0. The minimum Gasteiger partial charge on any atom is -0.353 e. The number of nitrogens with zero attached hydrogens (tertiary/aromatic N) is 2. The van der Waals surface area contributed by atoms with Gasteiger partial charge in [0.15, 0.2) is 0 Å². The van der Waals surface area contributed by atoms with Gasteiger partial charge in [-0.15, -0.1) is 0 Å². The highest BCUT2D eigenvalue weighted by molar-refractivity contribution is 5.31. The second-order valence-electron chi connectivity index (χ2n) is 6.45. The van der Waals surface area contributed by atoms with Crippen LogP contribution in [0, 0.1) is 6.92 Å². The third kappa shape index (κ3) is 4.26. The van der Waals surface area contributed by atoms with Crippen molar-refractivity contribution in [3.05, 3.63) is 11.9 Å². The molecule has 1 aromatic rings. The Hall–Kier alpha value is -0.990. The van der Waals surface area contributed by atoms with E-state index in [1.807, 2.05) is 0 Å². The third-order valence-corrected chi connectivity index (χ3v) is 4.44. The molecule has 0 saturated heterocycles. The summed E-state index contributed by atoms with van der Waals surface area (Å²) in [6.45, 7) is 6.65. The minimum absolute atomic E-state index is 0.522. The lowest BCUT2D eigenvalue weighted by atomic mass is 10.1. The van der Waals surface area contributed by atoms with Crippen LogP contribution in [0.25, 0.3) is 0 Å². The number of rotatable bonds is 8. The molecule has 114 valence electrons. The van der Waals surface area contributed by atoms with E-state index >= 15 is 0 Å². The van der Waals surface area contributed by atoms with Gasteiger partial charge in [-0.25, -0.2) is 4.98 Å². The quantitative estimate of drug-likeness (QED) is 0.672. The van der Waals surface area contributed by atoms with Crippen LogP contribution in [0.5, 0.6) is 0 Å². The molecule has 3 heteroatoms. The fraction of sp³-hybridized carbons (Fsp3) is 0.824. The van der Waals surface area contributed by atoms with Crippen molar-refractivity contribution in [2.75, 3.05) is 5.32 Å². The number of hydrogen-bond donors (Lipinski definition) is 1. The van der Waals surface area contributed by atoms with Crippen molar-refractivity contribution in [2.24, 2.45) is 0 Å². The second-order valence-corrected chi connectivity index (χ2v) is 6.45.